The zero-order chi connectivity index (χ0) is 16.7. The molecule has 1 heterocycles. The third-order valence-electron chi connectivity index (χ3n) is 4.83. The first kappa shape index (κ1) is 18.6. The Balaban J connectivity index is 1.65. The van der Waals surface area contributed by atoms with E-state index in [1.165, 1.54) is 18.5 Å². The maximum absolute atomic E-state index is 9.17. The van der Waals surface area contributed by atoms with Gasteiger partial charge in [-0.2, -0.15) is 0 Å². The molecule has 0 radical (unpaired) electrons. The maximum Gasteiger partial charge on any atom is 0.0672 e. The van der Waals surface area contributed by atoms with Crippen LogP contribution in [0.15, 0.2) is 18.2 Å². The Morgan fingerprint density at radius 3 is 2.65 bits per heavy atom. The van der Waals surface area contributed by atoms with Crippen LogP contribution in [0.5, 0.6) is 0 Å². The van der Waals surface area contributed by atoms with E-state index in [1.807, 2.05) is 0 Å². The number of benzene rings is 1. The predicted octanol–water partition coefficient (Wildman–Crippen LogP) is 4.36. The molecule has 0 aliphatic carbocycles. The molecule has 23 heavy (non-hydrogen) atoms. The summed E-state index contributed by atoms with van der Waals surface area (Å²) in [5.74, 6) is 0.981. The van der Waals surface area contributed by atoms with E-state index in [4.69, 9.17) is 11.6 Å². The summed E-state index contributed by atoms with van der Waals surface area (Å²) in [7, 11) is 0. The molecule has 1 aliphatic rings. The van der Waals surface area contributed by atoms with E-state index in [9.17, 15) is 5.11 Å². The molecule has 1 aromatic carbocycles. The van der Waals surface area contributed by atoms with Gasteiger partial charge in [-0.3, -0.25) is 0 Å². The van der Waals surface area contributed by atoms with E-state index in [1.54, 1.807) is 0 Å². The molecule has 0 aromatic heterocycles. The molecule has 2 rings (SSSR count). The van der Waals surface area contributed by atoms with Crippen molar-refractivity contribution in [1.29, 1.82) is 0 Å². The lowest BCUT2D eigenvalue weighted by Gasteiger charge is -2.30. The summed E-state index contributed by atoms with van der Waals surface area (Å²) in [5.41, 5.74) is 2.27. The average Bonchev–Trinajstić information content (AvgIpc) is 2.56. The van der Waals surface area contributed by atoms with Gasteiger partial charge < -0.3 is 15.3 Å². The van der Waals surface area contributed by atoms with E-state index in [0.29, 0.717) is 18.4 Å². The van der Waals surface area contributed by atoms with Crippen LogP contribution in [0.1, 0.15) is 51.0 Å². The minimum Gasteiger partial charge on any atom is -0.396 e. The van der Waals surface area contributed by atoms with Crippen LogP contribution in [0.3, 0.4) is 0 Å². The van der Waals surface area contributed by atoms with Crippen LogP contribution in [-0.4, -0.2) is 42.8 Å². The lowest BCUT2D eigenvalue weighted by atomic mass is 9.98. The predicted molar refractivity (Wildman–Crippen MR) is 99.5 cm³/mol. The number of hydrogen-bond donors (Lipinski definition) is 2. The zero-order valence-corrected chi connectivity index (χ0v) is 15.3. The highest BCUT2D eigenvalue weighted by atomic mass is 35.5. The van der Waals surface area contributed by atoms with Gasteiger partial charge in [0.25, 0.3) is 0 Å². The van der Waals surface area contributed by atoms with Gasteiger partial charge in [-0.1, -0.05) is 37.6 Å². The molecule has 0 amide bonds. The second-order valence-corrected chi connectivity index (χ2v) is 7.34. The number of unbranched alkanes of at least 4 members (excludes halogenated alkanes) is 1. The first-order chi connectivity index (χ1) is 11.1. The number of rotatable bonds is 8. The van der Waals surface area contributed by atoms with Crippen molar-refractivity contribution < 1.29 is 5.11 Å². The van der Waals surface area contributed by atoms with Crippen molar-refractivity contribution in [1.82, 2.24) is 4.90 Å². The quantitative estimate of drug-likeness (QED) is 0.691. The fourth-order valence-corrected chi connectivity index (χ4v) is 3.62. The third-order valence-corrected chi connectivity index (χ3v) is 5.25. The lowest BCUT2D eigenvalue weighted by molar-refractivity contribution is 0.130. The molecule has 1 aromatic rings. The summed E-state index contributed by atoms with van der Waals surface area (Å²) >= 11 is 6.47. The minimum atomic E-state index is 0.355. The van der Waals surface area contributed by atoms with Crippen LogP contribution < -0.4 is 5.32 Å². The largest absolute Gasteiger partial charge is 0.396 e. The number of halogens is 1. The molecule has 0 unspecified atom stereocenters. The number of aliphatic hydroxyl groups is 1. The molecule has 2 N–H and O–H groups in total. The molecule has 1 aliphatic heterocycles. The average molecular weight is 339 g/mol. The van der Waals surface area contributed by atoms with Gasteiger partial charge in [0.05, 0.1) is 10.7 Å². The third kappa shape index (κ3) is 5.66. The maximum atomic E-state index is 9.17. The van der Waals surface area contributed by atoms with E-state index in [0.717, 1.165) is 49.6 Å². The number of piperidine rings is 1. The second-order valence-electron chi connectivity index (χ2n) is 6.96. The van der Waals surface area contributed by atoms with Crippen molar-refractivity contribution in [2.24, 2.45) is 5.92 Å². The second kappa shape index (κ2) is 9.51. The van der Waals surface area contributed by atoms with Crippen molar-refractivity contribution in [2.75, 3.05) is 38.1 Å². The zero-order valence-electron chi connectivity index (χ0n) is 14.5. The molecule has 3 nitrogen and oxygen atoms in total. The number of aliphatic hydroxyl groups excluding tert-OH is 1. The van der Waals surface area contributed by atoms with Crippen molar-refractivity contribution in [3.05, 3.63) is 28.8 Å². The SMILES string of the molecule is CC(C)c1cccc(NCCCCN2CCC(CO)CC2)c1Cl. The number of anilines is 1. The van der Waals surface area contributed by atoms with Gasteiger partial charge in [-0.25, -0.2) is 0 Å². The van der Waals surface area contributed by atoms with Gasteiger partial charge in [0.2, 0.25) is 0 Å². The summed E-state index contributed by atoms with van der Waals surface area (Å²) < 4.78 is 0. The van der Waals surface area contributed by atoms with Gasteiger partial charge >= 0.3 is 0 Å². The standard InChI is InChI=1S/C19H31ClN2O/c1-15(2)17-6-5-7-18(19(17)20)21-10-3-4-11-22-12-8-16(14-23)9-13-22/h5-7,15-16,21,23H,3-4,8-14H2,1-2H3. The number of hydrogen-bond acceptors (Lipinski definition) is 3. The Morgan fingerprint density at radius 1 is 1.26 bits per heavy atom. The molecule has 0 atom stereocenters. The molecule has 0 saturated carbocycles. The minimum absolute atomic E-state index is 0.355. The van der Waals surface area contributed by atoms with Crippen molar-refractivity contribution in [3.63, 3.8) is 0 Å². The van der Waals surface area contributed by atoms with E-state index >= 15 is 0 Å². The Kier molecular flexibility index (Phi) is 7.68. The van der Waals surface area contributed by atoms with Crippen molar-refractivity contribution in [3.8, 4) is 0 Å². The van der Waals surface area contributed by atoms with E-state index in [2.05, 4.69) is 42.3 Å². The highest BCUT2D eigenvalue weighted by molar-refractivity contribution is 6.34. The van der Waals surface area contributed by atoms with Crippen LogP contribution in [0.25, 0.3) is 0 Å². The summed E-state index contributed by atoms with van der Waals surface area (Å²) in [4.78, 5) is 2.53. The molecule has 0 bridgehead atoms. The van der Waals surface area contributed by atoms with Crippen LogP contribution in [-0.2, 0) is 0 Å². The first-order valence-corrected chi connectivity index (χ1v) is 9.35. The van der Waals surface area contributed by atoms with Crippen LogP contribution in [0, 0.1) is 5.92 Å². The lowest BCUT2D eigenvalue weighted by Crippen LogP contribution is -2.35. The van der Waals surface area contributed by atoms with Crippen LogP contribution >= 0.6 is 11.6 Å². The highest BCUT2D eigenvalue weighted by Gasteiger charge is 2.17. The van der Waals surface area contributed by atoms with Gasteiger partial charge in [0.1, 0.15) is 0 Å². The molecule has 4 heteroatoms. The van der Waals surface area contributed by atoms with Gasteiger partial charge in [-0.15, -0.1) is 0 Å². The summed E-state index contributed by atoms with van der Waals surface area (Å²) in [6, 6.07) is 6.25. The topological polar surface area (TPSA) is 35.5 Å². The van der Waals surface area contributed by atoms with Gasteiger partial charge in [0.15, 0.2) is 0 Å². The molecule has 1 fully saturated rings. The normalized spacial score (nSPS) is 16.9. The number of nitrogens with zero attached hydrogens (tertiary/aromatic N) is 1. The van der Waals surface area contributed by atoms with E-state index in [-0.39, 0.29) is 0 Å². The molecule has 130 valence electrons. The smallest absolute Gasteiger partial charge is 0.0672 e. The van der Waals surface area contributed by atoms with Crippen LogP contribution in [0.2, 0.25) is 5.02 Å². The monoisotopic (exact) mass is 338 g/mol. The summed E-state index contributed by atoms with van der Waals surface area (Å²) in [6.45, 7) is 9.11. The highest BCUT2D eigenvalue weighted by Crippen LogP contribution is 2.30. The molecule has 1 saturated heterocycles. The summed E-state index contributed by atoms with van der Waals surface area (Å²) in [5, 5.41) is 13.5. The van der Waals surface area contributed by atoms with Crippen molar-refractivity contribution >= 4 is 17.3 Å². The summed E-state index contributed by atoms with van der Waals surface area (Å²) in [6.07, 6.45) is 4.65. The van der Waals surface area contributed by atoms with E-state index < -0.39 is 0 Å². The fraction of sp³-hybridized carbons (Fsp3) is 0.684. The van der Waals surface area contributed by atoms with Gasteiger partial charge in [0, 0.05) is 13.2 Å². The fourth-order valence-electron chi connectivity index (χ4n) is 3.21. The number of likely N-dealkylation sites (tertiary alicyclic amines) is 1. The van der Waals surface area contributed by atoms with Crippen LogP contribution in [0.4, 0.5) is 5.69 Å². The first-order valence-electron chi connectivity index (χ1n) is 8.97. The van der Waals surface area contributed by atoms with Crippen molar-refractivity contribution in [2.45, 2.75) is 45.4 Å². The Labute approximate surface area is 146 Å². The Morgan fingerprint density at radius 2 is 2.00 bits per heavy atom. The molecular formula is C19H31ClN2O. The molecular weight excluding hydrogens is 308 g/mol. The Bertz CT molecular complexity index is 470. The number of nitrogens with one attached hydrogen (secondary N) is 1. The molecule has 0 spiro atoms. The Hall–Kier alpha value is -0.770. The van der Waals surface area contributed by atoms with Gasteiger partial charge in [-0.05, 0) is 68.8 Å².